The van der Waals surface area contributed by atoms with Gasteiger partial charge in [-0.2, -0.15) is 0 Å². The lowest BCUT2D eigenvalue weighted by atomic mass is 9.76. The van der Waals surface area contributed by atoms with Gasteiger partial charge in [0.2, 0.25) is 5.91 Å². The van der Waals surface area contributed by atoms with E-state index in [1.165, 1.54) is 0 Å². The van der Waals surface area contributed by atoms with Crippen molar-refractivity contribution in [3.8, 4) is 0 Å². The molecule has 0 atom stereocenters. The zero-order chi connectivity index (χ0) is 16.0. The van der Waals surface area contributed by atoms with Gasteiger partial charge in [-0.05, 0) is 23.7 Å². The van der Waals surface area contributed by atoms with Gasteiger partial charge in [0, 0.05) is 6.42 Å². The average Bonchev–Trinajstić information content (AvgIpc) is 2.22. The molecule has 0 bridgehead atoms. The van der Waals surface area contributed by atoms with Gasteiger partial charge in [0.05, 0.1) is 6.42 Å². The highest BCUT2D eigenvalue weighted by Crippen LogP contribution is 2.35. The van der Waals surface area contributed by atoms with Crippen molar-refractivity contribution in [1.29, 1.82) is 0 Å². The van der Waals surface area contributed by atoms with E-state index in [0.29, 0.717) is 12.8 Å². The molecule has 0 rings (SSSR count). The van der Waals surface area contributed by atoms with E-state index in [4.69, 9.17) is 10.2 Å². The summed E-state index contributed by atoms with van der Waals surface area (Å²) >= 11 is 0. The highest BCUT2D eigenvalue weighted by molar-refractivity contribution is 5.81. The predicted molar refractivity (Wildman–Crippen MR) is 74.3 cm³/mol. The van der Waals surface area contributed by atoms with Crippen LogP contribution in [0.25, 0.3) is 0 Å². The van der Waals surface area contributed by atoms with Crippen LogP contribution < -0.4 is 5.32 Å². The van der Waals surface area contributed by atoms with Gasteiger partial charge in [-0.1, -0.05) is 27.7 Å². The van der Waals surface area contributed by atoms with Crippen molar-refractivity contribution in [2.24, 2.45) is 10.8 Å². The molecule has 20 heavy (non-hydrogen) atoms. The highest BCUT2D eigenvalue weighted by atomic mass is 16.4. The van der Waals surface area contributed by atoms with Crippen molar-refractivity contribution in [1.82, 2.24) is 5.32 Å². The molecule has 6 heteroatoms. The molecule has 0 aromatic rings. The summed E-state index contributed by atoms with van der Waals surface area (Å²) < 4.78 is 0. The van der Waals surface area contributed by atoms with Crippen LogP contribution in [-0.4, -0.2) is 34.6 Å². The van der Waals surface area contributed by atoms with Gasteiger partial charge in [0.1, 0.15) is 6.54 Å². The quantitative estimate of drug-likeness (QED) is 0.600. The van der Waals surface area contributed by atoms with Crippen molar-refractivity contribution in [2.45, 2.75) is 53.4 Å². The number of carboxylic acid groups (broad SMARTS) is 2. The first-order chi connectivity index (χ1) is 8.93. The fourth-order valence-electron chi connectivity index (χ4n) is 1.93. The molecular weight excluding hydrogens is 262 g/mol. The molecule has 0 aromatic heterocycles. The molecule has 0 radical (unpaired) electrons. The number of carbonyl (C=O) groups is 3. The lowest BCUT2D eigenvalue weighted by Gasteiger charge is -2.29. The second kappa shape index (κ2) is 7.26. The van der Waals surface area contributed by atoms with Gasteiger partial charge in [0.25, 0.3) is 0 Å². The number of hydrogen-bond donors (Lipinski definition) is 3. The third-order valence-electron chi connectivity index (χ3n) is 3.18. The largest absolute Gasteiger partial charge is 0.481 e. The number of nitrogens with one attached hydrogen (secondary N) is 1. The van der Waals surface area contributed by atoms with Gasteiger partial charge >= 0.3 is 11.9 Å². The monoisotopic (exact) mass is 287 g/mol. The van der Waals surface area contributed by atoms with Gasteiger partial charge in [-0.3, -0.25) is 14.4 Å². The summed E-state index contributed by atoms with van der Waals surface area (Å²) in [6.07, 6.45) is 1.71. The molecule has 0 heterocycles. The van der Waals surface area contributed by atoms with Crippen LogP contribution in [-0.2, 0) is 14.4 Å². The van der Waals surface area contributed by atoms with Crippen LogP contribution in [0.1, 0.15) is 53.4 Å². The van der Waals surface area contributed by atoms with Gasteiger partial charge in [0.15, 0.2) is 0 Å². The Hall–Kier alpha value is -1.59. The normalized spacial score (nSPS) is 12.0. The minimum Gasteiger partial charge on any atom is -0.481 e. The van der Waals surface area contributed by atoms with Crippen LogP contribution in [0, 0.1) is 10.8 Å². The lowest BCUT2D eigenvalue weighted by molar-refractivity contribution is -0.139. The first kappa shape index (κ1) is 18.4. The minimum atomic E-state index is -1.07. The minimum absolute atomic E-state index is 0.0916. The molecule has 0 aliphatic rings. The first-order valence-electron chi connectivity index (χ1n) is 6.64. The van der Waals surface area contributed by atoms with Crippen LogP contribution in [0.2, 0.25) is 0 Å². The average molecular weight is 287 g/mol. The molecule has 6 nitrogen and oxygen atoms in total. The number of rotatable bonds is 9. The predicted octanol–water partition coefficient (Wildman–Crippen LogP) is 1.88. The third-order valence-corrected chi connectivity index (χ3v) is 3.18. The summed E-state index contributed by atoms with van der Waals surface area (Å²) in [5, 5.41) is 19.6. The molecule has 0 fully saturated rings. The Kier molecular flexibility index (Phi) is 6.68. The topological polar surface area (TPSA) is 104 Å². The summed E-state index contributed by atoms with van der Waals surface area (Å²) in [7, 11) is 0. The summed E-state index contributed by atoms with van der Waals surface area (Å²) in [5.74, 6) is -2.20. The fraction of sp³-hybridized carbons (Fsp3) is 0.786. The molecule has 0 aromatic carbocycles. The van der Waals surface area contributed by atoms with Gasteiger partial charge < -0.3 is 15.5 Å². The Bertz CT molecular complexity index is 374. The molecule has 0 saturated carbocycles. The van der Waals surface area contributed by atoms with E-state index in [9.17, 15) is 14.4 Å². The summed E-state index contributed by atoms with van der Waals surface area (Å²) in [5.41, 5.74) is -0.612. The van der Waals surface area contributed by atoms with E-state index in [0.717, 1.165) is 0 Å². The maximum atomic E-state index is 11.6. The zero-order valence-electron chi connectivity index (χ0n) is 12.7. The van der Waals surface area contributed by atoms with Gasteiger partial charge in [-0.25, -0.2) is 0 Å². The lowest BCUT2D eigenvalue weighted by Crippen LogP contribution is -2.33. The highest BCUT2D eigenvalue weighted by Gasteiger charge is 2.28. The molecule has 1 amide bonds. The molecule has 0 spiro atoms. The van der Waals surface area contributed by atoms with E-state index in [1.807, 2.05) is 27.7 Å². The molecule has 0 unspecified atom stereocenters. The number of carbonyl (C=O) groups excluding carboxylic acids is 1. The van der Waals surface area contributed by atoms with Crippen molar-refractivity contribution in [2.75, 3.05) is 6.54 Å². The molecule has 0 saturated heterocycles. The summed E-state index contributed by atoms with van der Waals surface area (Å²) in [6.45, 7) is 7.25. The van der Waals surface area contributed by atoms with Crippen LogP contribution in [0.5, 0.6) is 0 Å². The van der Waals surface area contributed by atoms with E-state index in [-0.39, 0.29) is 36.1 Å². The molecular formula is C14H25NO5. The smallest absolute Gasteiger partial charge is 0.322 e. The second-order valence-electron chi connectivity index (χ2n) is 6.75. The van der Waals surface area contributed by atoms with Crippen LogP contribution in [0.4, 0.5) is 0 Å². The molecule has 0 aliphatic heterocycles. The molecule has 3 N–H and O–H groups in total. The zero-order valence-corrected chi connectivity index (χ0v) is 12.7. The van der Waals surface area contributed by atoms with Crippen molar-refractivity contribution in [3.05, 3.63) is 0 Å². The second-order valence-corrected chi connectivity index (χ2v) is 6.75. The Morgan fingerprint density at radius 3 is 1.70 bits per heavy atom. The number of hydrogen-bond acceptors (Lipinski definition) is 3. The Balaban J connectivity index is 4.27. The Labute approximate surface area is 119 Å². The third kappa shape index (κ3) is 9.35. The standard InChI is InChI=1S/C14H25NO5/c1-13(2,7-10(16)15-9-12(19)20)5-6-14(3,4)8-11(17)18/h5-9H2,1-4H3,(H,15,16)(H,17,18)(H,19,20). The van der Waals surface area contributed by atoms with Gasteiger partial charge in [-0.15, -0.1) is 0 Å². The Morgan fingerprint density at radius 1 is 0.850 bits per heavy atom. The van der Waals surface area contributed by atoms with Crippen LogP contribution in [0.3, 0.4) is 0 Å². The SMILES string of the molecule is CC(C)(CCC(C)(C)CC(=O)NCC(=O)O)CC(=O)O. The van der Waals surface area contributed by atoms with E-state index in [2.05, 4.69) is 5.32 Å². The van der Waals surface area contributed by atoms with Crippen LogP contribution in [0.15, 0.2) is 0 Å². The van der Waals surface area contributed by atoms with E-state index >= 15 is 0 Å². The maximum absolute atomic E-state index is 11.6. The number of amides is 1. The van der Waals surface area contributed by atoms with Crippen molar-refractivity contribution < 1.29 is 24.6 Å². The van der Waals surface area contributed by atoms with Crippen molar-refractivity contribution >= 4 is 17.8 Å². The number of carboxylic acids is 2. The fourth-order valence-corrected chi connectivity index (χ4v) is 1.93. The summed E-state index contributed by atoms with van der Waals surface area (Å²) in [6, 6.07) is 0. The Morgan fingerprint density at radius 2 is 1.30 bits per heavy atom. The number of aliphatic carboxylic acids is 2. The molecule has 0 aliphatic carbocycles. The maximum Gasteiger partial charge on any atom is 0.322 e. The first-order valence-corrected chi connectivity index (χ1v) is 6.64. The summed E-state index contributed by atoms with van der Waals surface area (Å²) in [4.78, 5) is 32.7. The van der Waals surface area contributed by atoms with E-state index < -0.39 is 11.9 Å². The van der Waals surface area contributed by atoms with E-state index in [1.54, 1.807) is 0 Å². The van der Waals surface area contributed by atoms with Crippen molar-refractivity contribution in [3.63, 3.8) is 0 Å². The van der Waals surface area contributed by atoms with Crippen LogP contribution >= 0.6 is 0 Å². The molecule has 116 valence electrons.